The van der Waals surface area contributed by atoms with E-state index in [4.69, 9.17) is 0 Å². The molecular formula is C16H19FN2OS. The van der Waals surface area contributed by atoms with Crippen LogP contribution < -0.4 is 5.32 Å². The molecule has 1 amide bonds. The Balaban J connectivity index is 1.83. The molecule has 1 N–H and O–H groups in total. The van der Waals surface area contributed by atoms with E-state index < -0.39 is 0 Å². The zero-order valence-electron chi connectivity index (χ0n) is 12.2. The third-order valence-electron chi connectivity index (χ3n) is 3.44. The number of carbonyl (C=O) groups is 1. The highest BCUT2D eigenvalue weighted by Gasteiger charge is 2.15. The number of carbonyl (C=O) groups excluding carboxylic acids is 1. The van der Waals surface area contributed by atoms with Gasteiger partial charge >= 0.3 is 0 Å². The average molecular weight is 306 g/mol. The van der Waals surface area contributed by atoms with Crippen molar-refractivity contribution in [1.29, 1.82) is 0 Å². The Hall–Kier alpha value is -1.72. The molecule has 1 aromatic heterocycles. The largest absolute Gasteiger partial charge is 0.351 e. The van der Waals surface area contributed by atoms with Crippen LogP contribution in [0, 0.1) is 5.82 Å². The molecule has 112 valence electrons. The molecule has 0 saturated heterocycles. The van der Waals surface area contributed by atoms with Gasteiger partial charge in [-0.05, 0) is 31.5 Å². The van der Waals surface area contributed by atoms with E-state index in [0.717, 1.165) is 0 Å². The quantitative estimate of drug-likeness (QED) is 0.889. The predicted octanol–water partition coefficient (Wildman–Crippen LogP) is 3.20. The summed E-state index contributed by atoms with van der Waals surface area (Å²) < 4.78 is 13.5. The zero-order chi connectivity index (χ0) is 15.2. The van der Waals surface area contributed by atoms with Crippen LogP contribution in [-0.2, 0) is 11.3 Å². The van der Waals surface area contributed by atoms with Gasteiger partial charge in [0.1, 0.15) is 5.82 Å². The highest BCUT2D eigenvalue weighted by molar-refractivity contribution is 7.10. The van der Waals surface area contributed by atoms with E-state index in [0.29, 0.717) is 5.56 Å². The summed E-state index contributed by atoms with van der Waals surface area (Å²) in [5, 5.41) is 4.78. The molecule has 1 aromatic carbocycles. The number of rotatable bonds is 6. The molecule has 0 aliphatic carbocycles. The second kappa shape index (κ2) is 7.33. The van der Waals surface area contributed by atoms with Crippen LogP contribution in [0.25, 0.3) is 0 Å². The smallest absolute Gasteiger partial charge is 0.234 e. The summed E-state index contributed by atoms with van der Waals surface area (Å²) in [7, 11) is 1.91. The van der Waals surface area contributed by atoms with Crippen LogP contribution in [0.5, 0.6) is 0 Å². The Labute approximate surface area is 128 Å². The Morgan fingerprint density at radius 3 is 2.76 bits per heavy atom. The van der Waals surface area contributed by atoms with E-state index in [-0.39, 0.29) is 30.9 Å². The normalized spacial score (nSPS) is 12.4. The first kappa shape index (κ1) is 15.7. The van der Waals surface area contributed by atoms with Gasteiger partial charge < -0.3 is 5.32 Å². The third kappa shape index (κ3) is 4.37. The summed E-state index contributed by atoms with van der Waals surface area (Å²) in [5.74, 6) is -0.401. The molecule has 3 nitrogen and oxygen atoms in total. The van der Waals surface area contributed by atoms with Crippen molar-refractivity contribution in [2.75, 3.05) is 13.6 Å². The van der Waals surface area contributed by atoms with E-state index in [2.05, 4.69) is 18.3 Å². The molecule has 0 spiro atoms. The van der Waals surface area contributed by atoms with Gasteiger partial charge in [-0.15, -0.1) is 11.3 Å². The average Bonchev–Trinajstić information content (AvgIpc) is 2.99. The second-order valence-electron chi connectivity index (χ2n) is 4.97. The summed E-state index contributed by atoms with van der Waals surface area (Å²) >= 11 is 1.68. The lowest BCUT2D eigenvalue weighted by Gasteiger charge is -2.23. The minimum absolute atomic E-state index is 0.107. The number of hydrogen-bond donors (Lipinski definition) is 1. The molecule has 0 fully saturated rings. The number of nitrogens with zero attached hydrogens (tertiary/aromatic N) is 1. The van der Waals surface area contributed by atoms with E-state index in [1.165, 1.54) is 10.9 Å². The molecular weight excluding hydrogens is 287 g/mol. The molecule has 5 heteroatoms. The lowest BCUT2D eigenvalue weighted by atomic mass is 10.2. The second-order valence-corrected chi connectivity index (χ2v) is 5.95. The van der Waals surface area contributed by atoms with Gasteiger partial charge in [-0.2, -0.15) is 0 Å². The molecule has 2 rings (SSSR count). The standard InChI is InChI=1S/C16H19FN2OS/c1-12(15-8-5-9-21-15)19(2)11-16(20)18-10-13-6-3-4-7-14(13)17/h3-9,12H,10-11H2,1-2H3,(H,18,20). The SMILES string of the molecule is CC(c1cccs1)N(C)CC(=O)NCc1ccccc1F. The van der Waals surface area contributed by atoms with Gasteiger partial charge in [-0.3, -0.25) is 9.69 Å². The zero-order valence-corrected chi connectivity index (χ0v) is 13.0. The van der Waals surface area contributed by atoms with E-state index in [1.807, 2.05) is 23.4 Å². The van der Waals surface area contributed by atoms with Crippen molar-refractivity contribution in [3.63, 3.8) is 0 Å². The van der Waals surface area contributed by atoms with Gasteiger partial charge in [0.15, 0.2) is 0 Å². The maximum atomic E-state index is 13.5. The number of amides is 1. The van der Waals surface area contributed by atoms with Crippen molar-refractivity contribution in [2.24, 2.45) is 0 Å². The number of nitrogens with one attached hydrogen (secondary N) is 1. The molecule has 1 atom stereocenters. The van der Waals surface area contributed by atoms with Crippen LogP contribution >= 0.6 is 11.3 Å². The molecule has 2 aromatic rings. The van der Waals surface area contributed by atoms with Crippen LogP contribution in [0.4, 0.5) is 4.39 Å². The Morgan fingerprint density at radius 1 is 1.33 bits per heavy atom. The molecule has 0 radical (unpaired) electrons. The van der Waals surface area contributed by atoms with Crippen molar-refractivity contribution in [2.45, 2.75) is 19.5 Å². The summed E-state index contributed by atoms with van der Waals surface area (Å²) in [5.41, 5.74) is 0.500. The van der Waals surface area contributed by atoms with Crippen LogP contribution in [0.1, 0.15) is 23.4 Å². The molecule has 1 heterocycles. The molecule has 0 bridgehead atoms. The lowest BCUT2D eigenvalue weighted by Crippen LogP contribution is -2.36. The van der Waals surface area contributed by atoms with Gasteiger partial charge in [0.2, 0.25) is 5.91 Å². The number of halogens is 1. The first-order chi connectivity index (χ1) is 10.1. The maximum Gasteiger partial charge on any atom is 0.234 e. The van der Waals surface area contributed by atoms with E-state index in [9.17, 15) is 9.18 Å². The maximum absolute atomic E-state index is 13.5. The van der Waals surface area contributed by atoms with Crippen molar-refractivity contribution in [1.82, 2.24) is 10.2 Å². The van der Waals surface area contributed by atoms with E-state index in [1.54, 1.807) is 29.5 Å². The van der Waals surface area contributed by atoms with Crippen molar-refractivity contribution in [3.05, 3.63) is 58.0 Å². The minimum atomic E-state index is -0.293. The van der Waals surface area contributed by atoms with Crippen LogP contribution in [-0.4, -0.2) is 24.4 Å². The van der Waals surface area contributed by atoms with Gasteiger partial charge in [0.05, 0.1) is 6.54 Å². The lowest BCUT2D eigenvalue weighted by molar-refractivity contribution is -0.122. The Bertz CT molecular complexity index is 586. The first-order valence-corrected chi connectivity index (χ1v) is 7.69. The number of likely N-dealkylation sites (N-methyl/N-ethyl adjacent to an activating group) is 1. The van der Waals surface area contributed by atoms with Gasteiger partial charge in [0.25, 0.3) is 0 Å². The molecule has 0 saturated carbocycles. The Kier molecular flexibility index (Phi) is 5.47. The van der Waals surface area contributed by atoms with Crippen LogP contribution in [0.2, 0.25) is 0 Å². The van der Waals surface area contributed by atoms with Crippen molar-refractivity contribution in [3.8, 4) is 0 Å². The first-order valence-electron chi connectivity index (χ1n) is 6.81. The number of benzene rings is 1. The van der Waals surface area contributed by atoms with Crippen LogP contribution in [0.15, 0.2) is 41.8 Å². The highest BCUT2D eigenvalue weighted by atomic mass is 32.1. The summed E-state index contributed by atoms with van der Waals surface area (Å²) in [6.07, 6.45) is 0. The van der Waals surface area contributed by atoms with Gasteiger partial charge in [0, 0.05) is 23.0 Å². The van der Waals surface area contributed by atoms with Gasteiger partial charge in [-0.1, -0.05) is 24.3 Å². The molecule has 21 heavy (non-hydrogen) atoms. The molecule has 0 aliphatic rings. The fourth-order valence-electron chi connectivity index (χ4n) is 2.00. The van der Waals surface area contributed by atoms with Crippen molar-refractivity contribution >= 4 is 17.2 Å². The summed E-state index contributed by atoms with van der Waals surface area (Å²) in [6, 6.07) is 10.7. The number of thiophene rings is 1. The summed E-state index contributed by atoms with van der Waals surface area (Å²) in [6.45, 7) is 2.57. The Morgan fingerprint density at radius 2 is 2.10 bits per heavy atom. The van der Waals surface area contributed by atoms with E-state index >= 15 is 0 Å². The topological polar surface area (TPSA) is 32.3 Å². The van der Waals surface area contributed by atoms with Crippen molar-refractivity contribution < 1.29 is 9.18 Å². The number of hydrogen-bond acceptors (Lipinski definition) is 3. The molecule has 0 aliphatic heterocycles. The third-order valence-corrected chi connectivity index (χ3v) is 4.49. The summed E-state index contributed by atoms with van der Waals surface area (Å²) in [4.78, 5) is 15.1. The van der Waals surface area contributed by atoms with Gasteiger partial charge in [-0.25, -0.2) is 4.39 Å². The fraction of sp³-hybridized carbons (Fsp3) is 0.312. The fourth-order valence-corrected chi connectivity index (χ4v) is 2.85. The van der Waals surface area contributed by atoms with Crippen LogP contribution in [0.3, 0.4) is 0 Å². The predicted molar refractivity (Wildman–Crippen MR) is 83.6 cm³/mol. The minimum Gasteiger partial charge on any atom is -0.351 e. The highest BCUT2D eigenvalue weighted by Crippen LogP contribution is 2.22. The molecule has 1 unspecified atom stereocenters. The monoisotopic (exact) mass is 306 g/mol.